The first-order valence-corrected chi connectivity index (χ1v) is 38.8. The van der Waals surface area contributed by atoms with Crippen molar-refractivity contribution in [3.8, 4) is 0 Å². The number of hydrogen-bond donors (Lipinski definition) is 3. The van der Waals surface area contributed by atoms with Gasteiger partial charge in [-0.25, -0.2) is 9.13 Å². The van der Waals surface area contributed by atoms with E-state index in [-0.39, 0.29) is 25.7 Å². The molecule has 0 aliphatic rings. The lowest BCUT2D eigenvalue weighted by atomic mass is 10.0. The number of ether oxygens (including phenoxy) is 4. The van der Waals surface area contributed by atoms with Crippen molar-refractivity contribution < 1.29 is 80.2 Å². The number of phosphoric acid groups is 2. The van der Waals surface area contributed by atoms with Gasteiger partial charge in [0, 0.05) is 25.7 Å². The van der Waals surface area contributed by atoms with Crippen molar-refractivity contribution in [2.45, 2.75) is 362 Å². The molecule has 19 heteroatoms. The molecule has 0 aromatic carbocycles. The first-order valence-electron chi connectivity index (χ1n) is 35.8. The van der Waals surface area contributed by atoms with E-state index in [4.69, 9.17) is 37.0 Å². The molecule has 522 valence electrons. The lowest BCUT2D eigenvalue weighted by Gasteiger charge is -2.21. The lowest BCUT2D eigenvalue weighted by Crippen LogP contribution is -2.30. The predicted octanol–water partition coefficient (Wildman–Crippen LogP) is 19.5. The van der Waals surface area contributed by atoms with Crippen molar-refractivity contribution >= 4 is 39.5 Å². The van der Waals surface area contributed by atoms with Crippen LogP contribution in [0.2, 0.25) is 0 Å². The number of esters is 4. The van der Waals surface area contributed by atoms with Crippen LogP contribution in [0.15, 0.2) is 0 Å². The van der Waals surface area contributed by atoms with Gasteiger partial charge in [-0.1, -0.05) is 292 Å². The van der Waals surface area contributed by atoms with E-state index >= 15 is 0 Å². The highest BCUT2D eigenvalue weighted by atomic mass is 31.2. The van der Waals surface area contributed by atoms with Crippen molar-refractivity contribution in [2.24, 2.45) is 17.8 Å². The number of carbonyl (C=O) groups excluding carboxylic acids is 4. The normalized spacial score (nSPS) is 14.2. The third kappa shape index (κ3) is 62.8. The summed E-state index contributed by atoms with van der Waals surface area (Å²) in [5.74, 6) is 0.110. The van der Waals surface area contributed by atoms with Gasteiger partial charge in [-0.05, 0) is 43.4 Å². The molecule has 17 nitrogen and oxygen atoms in total. The zero-order valence-corrected chi connectivity index (χ0v) is 59.0. The highest BCUT2D eigenvalue weighted by molar-refractivity contribution is 7.47. The van der Waals surface area contributed by atoms with E-state index in [1.165, 1.54) is 154 Å². The average Bonchev–Trinajstić information content (AvgIpc) is 3.52. The van der Waals surface area contributed by atoms with Crippen LogP contribution in [-0.4, -0.2) is 96.7 Å². The van der Waals surface area contributed by atoms with Gasteiger partial charge in [-0.15, -0.1) is 0 Å². The van der Waals surface area contributed by atoms with E-state index in [9.17, 15) is 43.2 Å². The predicted molar refractivity (Wildman–Crippen MR) is 354 cm³/mol. The molecule has 0 saturated heterocycles. The fourth-order valence-corrected chi connectivity index (χ4v) is 11.9. The Kier molecular flexibility index (Phi) is 58.7. The molecule has 0 fully saturated rings. The van der Waals surface area contributed by atoms with E-state index < -0.39 is 97.5 Å². The molecule has 5 atom stereocenters. The van der Waals surface area contributed by atoms with E-state index in [0.29, 0.717) is 31.6 Å². The van der Waals surface area contributed by atoms with Crippen LogP contribution in [0.3, 0.4) is 0 Å². The quantitative estimate of drug-likeness (QED) is 0.0222. The minimum absolute atomic E-state index is 0.103. The molecule has 0 bridgehead atoms. The van der Waals surface area contributed by atoms with Gasteiger partial charge in [0.1, 0.15) is 19.3 Å². The molecule has 0 heterocycles. The first kappa shape index (κ1) is 86.1. The van der Waals surface area contributed by atoms with Crippen molar-refractivity contribution in [1.29, 1.82) is 0 Å². The number of aliphatic hydroxyl groups is 1. The molecule has 3 N–H and O–H groups in total. The van der Waals surface area contributed by atoms with Crippen molar-refractivity contribution in [1.82, 2.24) is 0 Å². The Morgan fingerprint density at radius 1 is 0.307 bits per heavy atom. The van der Waals surface area contributed by atoms with Crippen LogP contribution in [0.25, 0.3) is 0 Å². The molecule has 0 radical (unpaired) electrons. The summed E-state index contributed by atoms with van der Waals surface area (Å²) < 4.78 is 68.2. The molecule has 0 aromatic rings. The number of hydrogen-bond acceptors (Lipinski definition) is 15. The molecule has 0 rings (SSSR count). The summed E-state index contributed by atoms with van der Waals surface area (Å²) >= 11 is 0. The molecular formula is C69H134O17P2. The van der Waals surface area contributed by atoms with Gasteiger partial charge in [-0.2, -0.15) is 0 Å². The largest absolute Gasteiger partial charge is 0.472 e. The van der Waals surface area contributed by atoms with Gasteiger partial charge in [0.05, 0.1) is 26.4 Å². The summed E-state index contributed by atoms with van der Waals surface area (Å²) in [6.07, 6.45) is 43.1. The molecule has 0 aliphatic heterocycles. The number of aliphatic hydroxyl groups excluding tert-OH is 1. The lowest BCUT2D eigenvalue weighted by molar-refractivity contribution is -0.161. The second-order valence-electron chi connectivity index (χ2n) is 26.3. The van der Waals surface area contributed by atoms with Crippen LogP contribution in [0.5, 0.6) is 0 Å². The van der Waals surface area contributed by atoms with E-state index in [2.05, 4.69) is 48.5 Å². The van der Waals surface area contributed by atoms with Gasteiger partial charge in [0.15, 0.2) is 12.2 Å². The van der Waals surface area contributed by atoms with Gasteiger partial charge < -0.3 is 33.8 Å². The third-order valence-corrected chi connectivity index (χ3v) is 17.8. The SMILES string of the molecule is CCCCCCCCCCCC(=O)OC[C@H](COP(=O)(O)OC[C@H](O)COP(=O)(O)OC[C@@H](COC(=O)CCCCCCCCCCCCC(C)C)OC(=O)CCCCCCCCCCCCCCCC(C)C)OC(=O)CCCCCCCCCC(C)C. The maximum atomic E-state index is 13.0. The molecule has 88 heavy (non-hydrogen) atoms. The molecule has 0 amide bonds. The zero-order valence-electron chi connectivity index (χ0n) is 57.2. The highest BCUT2D eigenvalue weighted by Gasteiger charge is 2.30. The second-order valence-corrected chi connectivity index (χ2v) is 29.3. The Bertz CT molecular complexity index is 1730. The fourth-order valence-electron chi connectivity index (χ4n) is 10.4. The van der Waals surface area contributed by atoms with Crippen LogP contribution < -0.4 is 0 Å². The first-order chi connectivity index (χ1) is 42.2. The fraction of sp³-hybridized carbons (Fsp3) is 0.942. The maximum Gasteiger partial charge on any atom is 0.472 e. The summed E-state index contributed by atoms with van der Waals surface area (Å²) in [7, 11) is -9.90. The molecule has 0 aromatic heterocycles. The van der Waals surface area contributed by atoms with Crippen LogP contribution in [0.1, 0.15) is 344 Å². The minimum atomic E-state index is -4.95. The standard InChI is InChI=1S/C69H134O17P2/c1-8-9-10-11-12-20-29-36-43-50-66(71)79-57-65(86-69(74)53-46-39-32-25-28-35-42-49-62(6)7)59-84-88(77,78)82-55-63(70)54-81-87(75,76)83-58-64(56-80-67(72)51-44-37-30-23-19-18-22-27-34-41-48-61(4)5)85-68(73)52-45-38-31-24-17-15-13-14-16-21-26-33-40-47-60(2)3/h60-65,70H,8-59H2,1-7H3,(H,75,76)(H,77,78)/t63-,64-,65-/m1/s1. The van der Waals surface area contributed by atoms with Gasteiger partial charge in [-0.3, -0.25) is 37.3 Å². The zero-order chi connectivity index (χ0) is 65.2. The Morgan fingerprint density at radius 3 is 0.773 bits per heavy atom. The van der Waals surface area contributed by atoms with E-state index in [1.807, 2.05) is 0 Å². The smallest absolute Gasteiger partial charge is 0.462 e. The van der Waals surface area contributed by atoms with Crippen molar-refractivity contribution in [3.63, 3.8) is 0 Å². The van der Waals surface area contributed by atoms with Crippen LogP contribution in [0.4, 0.5) is 0 Å². The van der Waals surface area contributed by atoms with Crippen LogP contribution >= 0.6 is 15.6 Å². The molecule has 0 saturated carbocycles. The topological polar surface area (TPSA) is 237 Å². The van der Waals surface area contributed by atoms with Crippen molar-refractivity contribution in [3.05, 3.63) is 0 Å². The third-order valence-electron chi connectivity index (χ3n) is 15.9. The number of unbranched alkanes of at least 4 members (excludes halogenated alkanes) is 35. The van der Waals surface area contributed by atoms with Crippen molar-refractivity contribution in [2.75, 3.05) is 39.6 Å². The Hall–Kier alpha value is -1.94. The summed E-state index contributed by atoms with van der Waals surface area (Å²) in [5, 5.41) is 10.6. The highest BCUT2D eigenvalue weighted by Crippen LogP contribution is 2.45. The molecular weight excluding hydrogens is 1160 g/mol. The Labute approximate surface area is 537 Å². The summed E-state index contributed by atoms with van der Waals surface area (Å²) in [6, 6.07) is 0. The molecule has 2 unspecified atom stereocenters. The van der Waals surface area contributed by atoms with Gasteiger partial charge in [0.25, 0.3) is 0 Å². The molecule has 0 aliphatic carbocycles. The molecule has 0 spiro atoms. The van der Waals surface area contributed by atoms with E-state index in [0.717, 1.165) is 102 Å². The van der Waals surface area contributed by atoms with Gasteiger partial charge in [0.2, 0.25) is 0 Å². The van der Waals surface area contributed by atoms with Crippen LogP contribution in [0, 0.1) is 17.8 Å². The van der Waals surface area contributed by atoms with Crippen LogP contribution in [-0.2, 0) is 65.4 Å². The monoisotopic (exact) mass is 1300 g/mol. The average molecular weight is 1300 g/mol. The Balaban J connectivity index is 5.23. The van der Waals surface area contributed by atoms with E-state index in [1.54, 1.807) is 0 Å². The summed E-state index contributed by atoms with van der Waals surface area (Å²) in [5.41, 5.74) is 0. The minimum Gasteiger partial charge on any atom is -0.462 e. The number of carbonyl (C=O) groups is 4. The maximum absolute atomic E-state index is 13.0. The summed E-state index contributed by atoms with van der Waals surface area (Å²) in [4.78, 5) is 72.4. The number of rotatable bonds is 67. The number of phosphoric ester groups is 2. The summed E-state index contributed by atoms with van der Waals surface area (Å²) in [6.45, 7) is 11.8. The second kappa shape index (κ2) is 60.0. The Morgan fingerprint density at radius 2 is 0.523 bits per heavy atom. The van der Waals surface area contributed by atoms with Gasteiger partial charge >= 0.3 is 39.5 Å².